The first-order valence-electron chi connectivity index (χ1n) is 7.32. The van der Waals surface area contributed by atoms with E-state index >= 15 is 0 Å². The van der Waals surface area contributed by atoms with Gasteiger partial charge in [-0.15, -0.1) is 0 Å². The molecule has 0 saturated heterocycles. The van der Waals surface area contributed by atoms with E-state index in [0.717, 1.165) is 36.2 Å². The molecule has 1 aliphatic heterocycles. The average Bonchev–Trinajstić information content (AvgIpc) is 2.71. The summed E-state index contributed by atoms with van der Waals surface area (Å²) in [6, 6.07) is 8.37. The number of hydrogen-bond donors (Lipinski definition) is 0. The fourth-order valence-electron chi connectivity index (χ4n) is 2.40. The molecule has 0 N–H and O–H groups in total. The molecule has 0 saturated carbocycles. The number of thioether (sulfide) groups is 1. The maximum Gasteiger partial charge on any atom is 0.335 e. The number of esters is 1. The van der Waals surface area contributed by atoms with Crippen molar-refractivity contribution in [3.05, 3.63) is 41.0 Å². The summed E-state index contributed by atoms with van der Waals surface area (Å²) in [5.41, 5.74) is 3.23. The lowest BCUT2D eigenvalue weighted by Crippen LogP contribution is -2.07. The van der Waals surface area contributed by atoms with Crippen molar-refractivity contribution in [2.24, 2.45) is 0 Å². The first-order chi connectivity index (χ1) is 9.65. The van der Waals surface area contributed by atoms with Crippen LogP contribution < -0.4 is 0 Å². The van der Waals surface area contributed by atoms with Crippen LogP contribution in [0.2, 0.25) is 0 Å². The number of ether oxygens (including phenoxy) is 1. The number of carbonyl (C=O) groups is 1. The second kappa shape index (κ2) is 6.98. The number of benzene rings is 1. The Morgan fingerprint density at radius 1 is 1.10 bits per heavy atom. The van der Waals surface area contributed by atoms with Gasteiger partial charge in [0.05, 0.1) is 0 Å². The molecule has 108 valence electrons. The Kier molecular flexibility index (Phi) is 5.30. The Bertz CT molecular complexity index is 502. The number of cyclic esters (lactones) is 1. The largest absolute Gasteiger partial charge is 0.443 e. The third-order valence-corrected chi connectivity index (χ3v) is 4.56. The Morgan fingerprint density at radius 2 is 1.75 bits per heavy atom. The fourth-order valence-corrected chi connectivity index (χ4v) is 3.48. The van der Waals surface area contributed by atoms with Crippen molar-refractivity contribution in [1.82, 2.24) is 0 Å². The highest BCUT2D eigenvalue weighted by molar-refractivity contribution is 8.00. The van der Waals surface area contributed by atoms with Gasteiger partial charge in [-0.2, -0.15) is 0 Å². The van der Waals surface area contributed by atoms with Gasteiger partial charge in [-0.1, -0.05) is 56.1 Å². The molecule has 1 aromatic carbocycles. The summed E-state index contributed by atoms with van der Waals surface area (Å²) in [6.07, 6.45) is 3.81. The van der Waals surface area contributed by atoms with Gasteiger partial charge in [0.25, 0.3) is 0 Å². The minimum Gasteiger partial charge on any atom is -0.443 e. The van der Waals surface area contributed by atoms with Crippen LogP contribution in [0.5, 0.6) is 0 Å². The highest BCUT2D eigenvalue weighted by atomic mass is 32.2. The lowest BCUT2D eigenvalue weighted by atomic mass is 10.0. The summed E-state index contributed by atoms with van der Waals surface area (Å²) in [5.74, 6) is -0.111. The van der Waals surface area contributed by atoms with Gasteiger partial charge in [-0.25, -0.2) is 4.79 Å². The predicted octanol–water partition coefficient (Wildman–Crippen LogP) is 4.87. The zero-order valence-corrected chi connectivity index (χ0v) is 13.3. The molecule has 0 fully saturated rings. The molecule has 0 radical (unpaired) electrons. The van der Waals surface area contributed by atoms with E-state index < -0.39 is 0 Å². The van der Waals surface area contributed by atoms with Gasteiger partial charge in [0.1, 0.15) is 0 Å². The first kappa shape index (κ1) is 15.2. The third kappa shape index (κ3) is 3.45. The summed E-state index contributed by atoms with van der Waals surface area (Å²) < 4.78 is 5.58. The maximum atomic E-state index is 12.0. The third-order valence-electron chi connectivity index (χ3n) is 3.42. The minimum atomic E-state index is -0.133. The summed E-state index contributed by atoms with van der Waals surface area (Å²) in [7, 11) is 0. The fraction of sp³-hybridized carbons (Fsp3) is 0.471. The van der Waals surface area contributed by atoms with Gasteiger partial charge in [0.2, 0.25) is 0 Å². The molecule has 2 rings (SSSR count). The van der Waals surface area contributed by atoms with Gasteiger partial charge in [0.15, 0.2) is 5.44 Å². The molecule has 20 heavy (non-hydrogen) atoms. The summed E-state index contributed by atoms with van der Waals surface area (Å²) in [4.78, 5) is 13.2. The highest BCUT2D eigenvalue weighted by Gasteiger charge is 2.33. The van der Waals surface area contributed by atoms with Crippen LogP contribution in [0.3, 0.4) is 0 Å². The molecule has 0 aliphatic carbocycles. The SMILES string of the molecule is CCCC1=C(CCC)C(Sc2ccc(C)cc2)OC1=O. The monoisotopic (exact) mass is 290 g/mol. The Balaban J connectivity index is 2.18. The molecular formula is C17H22O2S. The van der Waals surface area contributed by atoms with Crippen LogP contribution in [0.4, 0.5) is 0 Å². The van der Waals surface area contributed by atoms with E-state index in [1.54, 1.807) is 11.8 Å². The van der Waals surface area contributed by atoms with Crippen molar-refractivity contribution in [2.75, 3.05) is 0 Å². The molecule has 1 aromatic rings. The Morgan fingerprint density at radius 3 is 2.35 bits per heavy atom. The molecule has 0 aromatic heterocycles. The summed E-state index contributed by atoms with van der Waals surface area (Å²) in [5, 5.41) is 0. The molecule has 1 aliphatic rings. The van der Waals surface area contributed by atoms with Crippen LogP contribution in [-0.2, 0) is 9.53 Å². The normalized spacial score (nSPS) is 18.6. The van der Waals surface area contributed by atoms with E-state index in [1.165, 1.54) is 11.1 Å². The van der Waals surface area contributed by atoms with Crippen molar-refractivity contribution in [3.63, 3.8) is 0 Å². The van der Waals surface area contributed by atoms with Crippen LogP contribution in [0.1, 0.15) is 45.1 Å². The molecule has 2 nitrogen and oxygen atoms in total. The number of rotatable bonds is 6. The average molecular weight is 290 g/mol. The number of carbonyl (C=O) groups excluding carboxylic acids is 1. The lowest BCUT2D eigenvalue weighted by molar-refractivity contribution is -0.137. The second-order valence-electron chi connectivity index (χ2n) is 5.17. The lowest BCUT2D eigenvalue weighted by Gasteiger charge is -2.13. The van der Waals surface area contributed by atoms with Gasteiger partial charge in [-0.3, -0.25) is 0 Å². The van der Waals surface area contributed by atoms with E-state index in [1.807, 2.05) is 0 Å². The van der Waals surface area contributed by atoms with Crippen molar-refractivity contribution < 1.29 is 9.53 Å². The van der Waals surface area contributed by atoms with Gasteiger partial charge < -0.3 is 4.74 Å². The number of hydrogen-bond acceptors (Lipinski definition) is 3. The van der Waals surface area contributed by atoms with Crippen molar-refractivity contribution >= 4 is 17.7 Å². The van der Waals surface area contributed by atoms with Crippen LogP contribution in [0, 0.1) is 6.92 Å². The van der Waals surface area contributed by atoms with Crippen LogP contribution >= 0.6 is 11.8 Å². The smallest absolute Gasteiger partial charge is 0.335 e. The van der Waals surface area contributed by atoms with Gasteiger partial charge in [0, 0.05) is 10.5 Å². The van der Waals surface area contributed by atoms with Crippen LogP contribution in [0.25, 0.3) is 0 Å². The quantitative estimate of drug-likeness (QED) is 0.699. The molecule has 0 spiro atoms. The molecule has 3 heteroatoms. The standard InChI is InChI=1S/C17H22O2S/c1-4-6-14-15(7-5-2)17(19-16(14)18)20-13-10-8-12(3)9-11-13/h8-11,17H,4-7H2,1-3H3. The zero-order valence-electron chi connectivity index (χ0n) is 12.4. The second-order valence-corrected chi connectivity index (χ2v) is 6.31. The van der Waals surface area contributed by atoms with Crippen molar-refractivity contribution in [1.29, 1.82) is 0 Å². The van der Waals surface area contributed by atoms with E-state index in [0.29, 0.717) is 0 Å². The van der Waals surface area contributed by atoms with Crippen LogP contribution in [0.15, 0.2) is 40.3 Å². The van der Waals surface area contributed by atoms with Gasteiger partial charge >= 0.3 is 5.97 Å². The van der Waals surface area contributed by atoms with E-state index in [9.17, 15) is 4.79 Å². The maximum absolute atomic E-state index is 12.0. The van der Waals surface area contributed by atoms with Crippen molar-refractivity contribution in [3.8, 4) is 0 Å². The molecule has 1 heterocycles. The molecule has 0 bridgehead atoms. The number of aryl methyl sites for hydroxylation is 1. The van der Waals surface area contributed by atoms with Crippen molar-refractivity contribution in [2.45, 2.75) is 56.8 Å². The predicted molar refractivity (Wildman–Crippen MR) is 83.8 cm³/mol. The topological polar surface area (TPSA) is 26.3 Å². The Labute approximate surface area is 125 Å². The first-order valence-corrected chi connectivity index (χ1v) is 8.19. The van der Waals surface area contributed by atoms with E-state index in [2.05, 4.69) is 45.0 Å². The molecule has 0 amide bonds. The minimum absolute atomic E-state index is 0.111. The zero-order chi connectivity index (χ0) is 14.5. The van der Waals surface area contributed by atoms with Gasteiger partial charge in [-0.05, 0) is 37.5 Å². The summed E-state index contributed by atoms with van der Waals surface area (Å²) >= 11 is 1.64. The molecular weight excluding hydrogens is 268 g/mol. The molecule has 1 unspecified atom stereocenters. The highest BCUT2D eigenvalue weighted by Crippen LogP contribution is 2.38. The Hall–Kier alpha value is -1.22. The van der Waals surface area contributed by atoms with E-state index in [-0.39, 0.29) is 11.4 Å². The van der Waals surface area contributed by atoms with Crippen LogP contribution in [-0.4, -0.2) is 11.4 Å². The van der Waals surface area contributed by atoms with E-state index in [4.69, 9.17) is 4.74 Å². The summed E-state index contributed by atoms with van der Waals surface area (Å²) in [6.45, 7) is 6.32. The molecule has 1 atom stereocenters.